The SMILES string of the molecule is CC1(C)C2CC3Oc4c(c(=O)oc5ccccc45)C=C3C1C2. The van der Waals surface area contributed by atoms with E-state index in [-0.39, 0.29) is 11.7 Å². The van der Waals surface area contributed by atoms with E-state index in [1.54, 1.807) is 0 Å². The fourth-order valence-corrected chi connectivity index (χ4v) is 4.61. The van der Waals surface area contributed by atoms with Gasteiger partial charge in [-0.05, 0) is 53.9 Å². The Hall–Kier alpha value is -2.03. The summed E-state index contributed by atoms with van der Waals surface area (Å²) in [6, 6.07) is 7.61. The molecule has 3 heteroatoms. The van der Waals surface area contributed by atoms with Crippen LogP contribution in [0.3, 0.4) is 0 Å². The van der Waals surface area contributed by atoms with Gasteiger partial charge in [-0.15, -0.1) is 0 Å². The lowest BCUT2D eigenvalue weighted by Crippen LogP contribution is -2.55. The van der Waals surface area contributed by atoms with Crippen molar-refractivity contribution in [1.82, 2.24) is 0 Å². The Bertz CT molecular complexity index is 887. The van der Waals surface area contributed by atoms with Gasteiger partial charge in [0, 0.05) is 0 Å². The molecule has 0 spiro atoms. The molecule has 3 unspecified atom stereocenters. The average molecular weight is 294 g/mol. The molecule has 2 aromatic rings. The third-order valence-electron chi connectivity index (χ3n) is 6.11. The number of benzene rings is 1. The Labute approximate surface area is 128 Å². The first-order valence-corrected chi connectivity index (χ1v) is 7.99. The minimum absolute atomic E-state index is 0.134. The highest BCUT2D eigenvalue weighted by atomic mass is 16.5. The zero-order chi connectivity index (χ0) is 15.1. The Kier molecular flexibility index (Phi) is 2.18. The van der Waals surface area contributed by atoms with Gasteiger partial charge in [-0.3, -0.25) is 0 Å². The van der Waals surface area contributed by atoms with Crippen LogP contribution >= 0.6 is 0 Å². The standard InChI is InChI=1S/C19H18O3/c1-19(2)10-7-14(19)12-9-13-17(21-16(12)8-10)11-5-3-4-6-15(11)22-18(13)20/h3-6,9-10,14,16H,7-8H2,1-2H3. The van der Waals surface area contributed by atoms with Gasteiger partial charge in [0.15, 0.2) is 0 Å². The summed E-state index contributed by atoms with van der Waals surface area (Å²) in [6.45, 7) is 4.67. The fourth-order valence-electron chi connectivity index (χ4n) is 4.61. The molecule has 6 rings (SSSR count). The minimum Gasteiger partial charge on any atom is -0.484 e. The maximum absolute atomic E-state index is 12.3. The second-order valence-corrected chi connectivity index (χ2v) is 7.42. The minimum atomic E-state index is -0.293. The number of para-hydroxylation sites is 1. The molecule has 112 valence electrons. The summed E-state index contributed by atoms with van der Waals surface area (Å²) in [6.07, 6.45) is 4.48. The zero-order valence-corrected chi connectivity index (χ0v) is 12.8. The fraction of sp³-hybridized carbons (Fsp3) is 0.421. The van der Waals surface area contributed by atoms with Crippen molar-refractivity contribution < 1.29 is 9.15 Å². The summed E-state index contributed by atoms with van der Waals surface area (Å²) in [5.41, 5.74) is 2.53. The molecule has 1 aromatic heterocycles. The maximum atomic E-state index is 12.3. The molecule has 1 aliphatic heterocycles. The number of ether oxygens (including phenoxy) is 1. The van der Waals surface area contributed by atoms with Crippen LogP contribution in [0.5, 0.6) is 5.75 Å². The van der Waals surface area contributed by atoms with Gasteiger partial charge in [0.2, 0.25) is 0 Å². The van der Waals surface area contributed by atoms with Gasteiger partial charge in [0.05, 0.1) is 5.39 Å². The van der Waals surface area contributed by atoms with Crippen molar-refractivity contribution in [1.29, 1.82) is 0 Å². The summed E-state index contributed by atoms with van der Waals surface area (Å²) >= 11 is 0. The van der Waals surface area contributed by atoms with Gasteiger partial charge < -0.3 is 9.15 Å². The van der Waals surface area contributed by atoms with Gasteiger partial charge in [0.1, 0.15) is 23.0 Å². The van der Waals surface area contributed by atoms with Crippen LogP contribution in [-0.2, 0) is 0 Å². The van der Waals surface area contributed by atoms with E-state index in [0.717, 1.165) is 17.7 Å². The van der Waals surface area contributed by atoms with E-state index in [0.29, 0.717) is 28.2 Å². The molecule has 3 atom stereocenters. The molecular weight excluding hydrogens is 276 g/mol. The van der Waals surface area contributed by atoms with E-state index in [9.17, 15) is 4.79 Å². The van der Waals surface area contributed by atoms with Crippen molar-refractivity contribution in [3.05, 3.63) is 45.8 Å². The third kappa shape index (κ3) is 1.39. The van der Waals surface area contributed by atoms with Crippen LogP contribution in [0.2, 0.25) is 0 Å². The van der Waals surface area contributed by atoms with E-state index in [4.69, 9.17) is 9.15 Å². The summed E-state index contributed by atoms with van der Waals surface area (Å²) in [5, 5.41) is 0.894. The number of fused-ring (bicyclic) bond motifs is 3. The average Bonchev–Trinajstić information content (AvgIpc) is 2.53. The molecule has 0 saturated heterocycles. The molecule has 3 aliphatic carbocycles. The van der Waals surface area contributed by atoms with Crippen LogP contribution in [0.1, 0.15) is 32.3 Å². The Morgan fingerprint density at radius 3 is 2.82 bits per heavy atom. The number of hydrogen-bond acceptors (Lipinski definition) is 3. The molecule has 0 radical (unpaired) electrons. The Morgan fingerprint density at radius 1 is 1.18 bits per heavy atom. The van der Waals surface area contributed by atoms with E-state index < -0.39 is 0 Å². The van der Waals surface area contributed by atoms with Gasteiger partial charge in [-0.2, -0.15) is 0 Å². The summed E-state index contributed by atoms with van der Waals surface area (Å²) in [4.78, 5) is 12.3. The van der Waals surface area contributed by atoms with Crippen molar-refractivity contribution in [2.75, 3.05) is 0 Å². The highest BCUT2D eigenvalue weighted by Gasteiger charge is 2.56. The molecular formula is C19H18O3. The number of rotatable bonds is 0. The van der Waals surface area contributed by atoms with Crippen LogP contribution in [0, 0.1) is 17.3 Å². The number of hydrogen-bond donors (Lipinski definition) is 0. The Morgan fingerprint density at radius 2 is 2.00 bits per heavy atom. The largest absolute Gasteiger partial charge is 0.484 e. The van der Waals surface area contributed by atoms with Crippen molar-refractivity contribution in [2.24, 2.45) is 17.3 Å². The van der Waals surface area contributed by atoms with E-state index in [2.05, 4.69) is 19.9 Å². The van der Waals surface area contributed by atoms with Crippen LogP contribution in [0.25, 0.3) is 17.0 Å². The van der Waals surface area contributed by atoms with Crippen molar-refractivity contribution in [3.8, 4) is 5.75 Å². The Balaban J connectivity index is 1.75. The topological polar surface area (TPSA) is 39.4 Å². The predicted octanol–water partition coefficient (Wildman–Crippen LogP) is 4.00. The molecule has 2 heterocycles. The van der Waals surface area contributed by atoms with Gasteiger partial charge >= 0.3 is 5.63 Å². The first-order chi connectivity index (χ1) is 10.6. The van der Waals surface area contributed by atoms with E-state index >= 15 is 0 Å². The van der Waals surface area contributed by atoms with Crippen LogP contribution < -0.4 is 10.4 Å². The quantitative estimate of drug-likeness (QED) is 0.689. The lowest BCUT2D eigenvalue weighted by Gasteiger charge is -2.60. The normalized spacial score (nSPS) is 30.6. The first-order valence-electron chi connectivity index (χ1n) is 7.99. The highest BCUT2D eigenvalue weighted by Crippen LogP contribution is 2.62. The lowest BCUT2D eigenvalue weighted by molar-refractivity contribution is -0.0648. The maximum Gasteiger partial charge on any atom is 0.347 e. The zero-order valence-electron chi connectivity index (χ0n) is 12.8. The summed E-state index contributed by atoms with van der Waals surface area (Å²) in [5.74, 6) is 1.97. The summed E-state index contributed by atoms with van der Waals surface area (Å²) in [7, 11) is 0. The molecule has 22 heavy (non-hydrogen) atoms. The molecule has 0 amide bonds. The molecule has 3 fully saturated rings. The van der Waals surface area contributed by atoms with Crippen LogP contribution in [0.4, 0.5) is 0 Å². The van der Waals surface area contributed by atoms with Gasteiger partial charge in [-0.25, -0.2) is 4.79 Å². The highest BCUT2D eigenvalue weighted by molar-refractivity contribution is 5.88. The second kappa shape index (κ2) is 3.83. The van der Waals surface area contributed by atoms with Crippen molar-refractivity contribution in [2.45, 2.75) is 32.8 Å². The van der Waals surface area contributed by atoms with Crippen molar-refractivity contribution >= 4 is 17.0 Å². The molecule has 2 bridgehead atoms. The predicted molar refractivity (Wildman–Crippen MR) is 84.9 cm³/mol. The van der Waals surface area contributed by atoms with Crippen LogP contribution in [-0.4, -0.2) is 6.10 Å². The molecule has 3 nitrogen and oxygen atoms in total. The van der Waals surface area contributed by atoms with Gasteiger partial charge in [0.25, 0.3) is 0 Å². The van der Waals surface area contributed by atoms with Gasteiger partial charge in [-0.1, -0.05) is 26.0 Å². The van der Waals surface area contributed by atoms with E-state index in [1.807, 2.05) is 24.3 Å². The third-order valence-corrected chi connectivity index (χ3v) is 6.11. The monoisotopic (exact) mass is 294 g/mol. The molecule has 0 N–H and O–H groups in total. The van der Waals surface area contributed by atoms with Crippen LogP contribution in [0.15, 0.2) is 39.1 Å². The first kappa shape index (κ1) is 12.5. The lowest BCUT2D eigenvalue weighted by atomic mass is 9.46. The summed E-state index contributed by atoms with van der Waals surface area (Å²) < 4.78 is 11.8. The smallest absolute Gasteiger partial charge is 0.347 e. The molecule has 3 saturated carbocycles. The second-order valence-electron chi connectivity index (χ2n) is 7.42. The van der Waals surface area contributed by atoms with Crippen molar-refractivity contribution in [3.63, 3.8) is 0 Å². The van der Waals surface area contributed by atoms with E-state index in [1.165, 1.54) is 12.0 Å². The molecule has 1 aromatic carbocycles. The molecule has 4 aliphatic rings.